The molecule has 0 fully saturated rings. The molecule has 19 heavy (non-hydrogen) atoms. The lowest BCUT2D eigenvalue weighted by atomic mass is 10.4. The fourth-order valence-electron chi connectivity index (χ4n) is 1.46. The zero-order valence-corrected chi connectivity index (χ0v) is 12.4. The van der Waals surface area contributed by atoms with E-state index in [4.69, 9.17) is 0 Å². The highest BCUT2D eigenvalue weighted by molar-refractivity contribution is 7.11. The van der Waals surface area contributed by atoms with Gasteiger partial charge in [-0.2, -0.15) is 0 Å². The largest absolute Gasteiger partial charge is 0.468 e. The van der Waals surface area contributed by atoms with Gasteiger partial charge in [-0.3, -0.25) is 14.5 Å². The van der Waals surface area contributed by atoms with Gasteiger partial charge in [0, 0.05) is 4.88 Å². The molecule has 0 saturated carbocycles. The van der Waals surface area contributed by atoms with Crippen molar-refractivity contribution in [1.29, 1.82) is 0 Å². The van der Waals surface area contributed by atoms with Crippen LogP contribution in [0.5, 0.6) is 0 Å². The summed E-state index contributed by atoms with van der Waals surface area (Å²) in [5.74, 6) is -0.789. The van der Waals surface area contributed by atoms with Gasteiger partial charge >= 0.3 is 11.9 Å². The molecule has 0 aromatic carbocycles. The van der Waals surface area contributed by atoms with Crippen molar-refractivity contribution in [3.63, 3.8) is 0 Å². The Labute approximate surface area is 116 Å². The number of carbonyl (C=O) groups excluding carboxylic acids is 2. The minimum Gasteiger partial charge on any atom is -0.468 e. The van der Waals surface area contributed by atoms with Crippen LogP contribution in [0, 0.1) is 13.8 Å². The molecular formula is C12H18N2O4S. The molecular weight excluding hydrogens is 268 g/mol. The van der Waals surface area contributed by atoms with Crippen LogP contribution in [0.2, 0.25) is 0 Å². The van der Waals surface area contributed by atoms with E-state index in [0.29, 0.717) is 6.54 Å². The van der Waals surface area contributed by atoms with Crippen LogP contribution in [0.3, 0.4) is 0 Å². The summed E-state index contributed by atoms with van der Waals surface area (Å²) in [6.45, 7) is 4.40. The maximum absolute atomic E-state index is 11.3. The van der Waals surface area contributed by atoms with Crippen LogP contribution in [0.4, 0.5) is 0 Å². The van der Waals surface area contributed by atoms with E-state index in [1.165, 1.54) is 14.2 Å². The molecule has 1 rings (SSSR count). The lowest BCUT2D eigenvalue weighted by Gasteiger charge is -2.18. The Morgan fingerprint density at radius 1 is 1.16 bits per heavy atom. The number of hydrogen-bond acceptors (Lipinski definition) is 7. The van der Waals surface area contributed by atoms with Gasteiger partial charge in [-0.1, -0.05) is 0 Å². The fraction of sp³-hybridized carbons (Fsp3) is 0.583. The van der Waals surface area contributed by atoms with Gasteiger partial charge in [-0.25, -0.2) is 4.98 Å². The van der Waals surface area contributed by atoms with Crippen LogP contribution in [0.1, 0.15) is 15.6 Å². The van der Waals surface area contributed by atoms with Gasteiger partial charge in [0.2, 0.25) is 0 Å². The van der Waals surface area contributed by atoms with Crippen molar-refractivity contribution < 1.29 is 19.1 Å². The van der Waals surface area contributed by atoms with Crippen LogP contribution in [-0.4, -0.2) is 49.1 Å². The van der Waals surface area contributed by atoms with Crippen molar-refractivity contribution in [2.75, 3.05) is 27.3 Å². The topological polar surface area (TPSA) is 68.7 Å². The fourth-order valence-corrected chi connectivity index (χ4v) is 2.44. The van der Waals surface area contributed by atoms with Gasteiger partial charge in [0.05, 0.1) is 39.5 Å². The highest BCUT2D eigenvalue weighted by atomic mass is 32.1. The normalized spacial score (nSPS) is 10.6. The molecule has 0 radical (unpaired) electrons. The van der Waals surface area contributed by atoms with Gasteiger partial charge in [-0.15, -0.1) is 11.3 Å². The zero-order valence-electron chi connectivity index (χ0n) is 11.6. The molecule has 0 unspecified atom stereocenters. The van der Waals surface area contributed by atoms with Gasteiger partial charge in [-0.05, 0) is 13.8 Å². The number of hydrogen-bond donors (Lipinski definition) is 0. The van der Waals surface area contributed by atoms with Crippen LogP contribution in [-0.2, 0) is 25.6 Å². The monoisotopic (exact) mass is 286 g/mol. The van der Waals surface area contributed by atoms with E-state index in [2.05, 4.69) is 14.5 Å². The van der Waals surface area contributed by atoms with Crippen molar-refractivity contribution in [3.05, 3.63) is 15.6 Å². The zero-order chi connectivity index (χ0) is 14.4. The molecule has 0 saturated heterocycles. The summed E-state index contributed by atoms with van der Waals surface area (Å²) in [5, 5.41) is 0.864. The first-order valence-electron chi connectivity index (χ1n) is 5.75. The van der Waals surface area contributed by atoms with Crippen molar-refractivity contribution >= 4 is 23.3 Å². The van der Waals surface area contributed by atoms with Crippen LogP contribution in [0.15, 0.2) is 0 Å². The Morgan fingerprint density at radius 2 is 1.68 bits per heavy atom. The first-order chi connectivity index (χ1) is 8.96. The molecule has 0 amide bonds. The third kappa shape index (κ3) is 4.96. The smallest absolute Gasteiger partial charge is 0.319 e. The summed E-state index contributed by atoms with van der Waals surface area (Å²) >= 11 is 1.56. The van der Waals surface area contributed by atoms with E-state index < -0.39 is 11.9 Å². The Balaban J connectivity index is 2.72. The SMILES string of the molecule is COC(=O)CN(CC(=O)OC)Cc1nc(C)c(C)s1. The van der Waals surface area contributed by atoms with E-state index in [-0.39, 0.29) is 13.1 Å². The van der Waals surface area contributed by atoms with E-state index >= 15 is 0 Å². The molecule has 106 valence electrons. The minimum atomic E-state index is -0.395. The van der Waals surface area contributed by atoms with E-state index in [9.17, 15) is 9.59 Å². The van der Waals surface area contributed by atoms with Crippen molar-refractivity contribution in [1.82, 2.24) is 9.88 Å². The molecule has 7 heteroatoms. The number of carbonyl (C=O) groups is 2. The number of aryl methyl sites for hydroxylation is 2. The van der Waals surface area contributed by atoms with E-state index in [1.54, 1.807) is 16.2 Å². The quantitative estimate of drug-likeness (QED) is 0.724. The summed E-state index contributed by atoms with van der Waals surface area (Å²) in [4.78, 5) is 29.8. The van der Waals surface area contributed by atoms with Gasteiger partial charge in [0.25, 0.3) is 0 Å². The Morgan fingerprint density at radius 3 is 2.05 bits per heavy atom. The third-order valence-corrected chi connectivity index (χ3v) is 3.65. The molecule has 0 atom stereocenters. The second-order valence-electron chi connectivity index (χ2n) is 4.05. The lowest BCUT2D eigenvalue weighted by Crippen LogP contribution is -2.35. The number of esters is 2. The maximum Gasteiger partial charge on any atom is 0.319 e. The lowest BCUT2D eigenvalue weighted by molar-refractivity contribution is -0.145. The highest BCUT2D eigenvalue weighted by Crippen LogP contribution is 2.18. The number of thiazole rings is 1. The Kier molecular flexibility index (Phi) is 5.91. The van der Waals surface area contributed by atoms with E-state index in [1.807, 2.05) is 13.8 Å². The summed E-state index contributed by atoms with van der Waals surface area (Å²) < 4.78 is 9.23. The molecule has 0 bridgehead atoms. The molecule has 6 nitrogen and oxygen atoms in total. The number of rotatable bonds is 6. The molecule has 0 N–H and O–H groups in total. The average molecular weight is 286 g/mol. The first-order valence-corrected chi connectivity index (χ1v) is 6.56. The standard InChI is InChI=1S/C12H18N2O4S/c1-8-9(2)19-10(13-8)5-14(6-11(15)17-3)7-12(16)18-4/h5-7H2,1-4H3. The van der Waals surface area contributed by atoms with Crippen molar-refractivity contribution in [3.8, 4) is 0 Å². The second-order valence-corrected chi connectivity index (χ2v) is 5.33. The number of ether oxygens (including phenoxy) is 2. The van der Waals surface area contributed by atoms with Gasteiger partial charge in [0.1, 0.15) is 5.01 Å². The number of methoxy groups -OCH3 is 2. The van der Waals surface area contributed by atoms with Gasteiger partial charge in [0.15, 0.2) is 0 Å². The maximum atomic E-state index is 11.3. The van der Waals surface area contributed by atoms with Crippen LogP contribution >= 0.6 is 11.3 Å². The number of aromatic nitrogens is 1. The molecule has 1 aromatic rings. The van der Waals surface area contributed by atoms with Crippen LogP contribution < -0.4 is 0 Å². The van der Waals surface area contributed by atoms with E-state index in [0.717, 1.165) is 15.6 Å². The second kappa shape index (κ2) is 7.20. The molecule has 1 aromatic heterocycles. The average Bonchev–Trinajstić information content (AvgIpc) is 2.67. The first kappa shape index (κ1) is 15.6. The summed E-state index contributed by atoms with van der Waals surface area (Å²) in [6, 6.07) is 0. The molecule has 0 spiro atoms. The van der Waals surface area contributed by atoms with Crippen molar-refractivity contribution in [2.45, 2.75) is 20.4 Å². The predicted octanol–water partition coefficient (Wildman–Crippen LogP) is 0.908. The Hall–Kier alpha value is -1.47. The summed E-state index contributed by atoms with van der Waals surface area (Å²) in [6.07, 6.45) is 0. The van der Waals surface area contributed by atoms with Crippen molar-refractivity contribution in [2.24, 2.45) is 0 Å². The minimum absolute atomic E-state index is 0.0310. The third-order valence-electron chi connectivity index (χ3n) is 2.59. The molecule has 0 aliphatic rings. The van der Waals surface area contributed by atoms with Crippen LogP contribution in [0.25, 0.3) is 0 Å². The summed E-state index contributed by atoms with van der Waals surface area (Å²) in [5.41, 5.74) is 0.969. The van der Waals surface area contributed by atoms with Gasteiger partial charge < -0.3 is 9.47 Å². The Bertz CT molecular complexity index is 421. The molecule has 1 heterocycles. The molecule has 0 aliphatic carbocycles. The molecule has 0 aliphatic heterocycles. The summed E-state index contributed by atoms with van der Waals surface area (Å²) in [7, 11) is 2.63. The highest BCUT2D eigenvalue weighted by Gasteiger charge is 2.17. The number of nitrogens with zero attached hydrogens (tertiary/aromatic N) is 2. The predicted molar refractivity (Wildman–Crippen MR) is 70.9 cm³/mol.